The fraction of sp³-hybridized carbons (Fsp3) is 0.222. The van der Waals surface area contributed by atoms with Gasteiger partial charge in [0.05, 0.1) is 0 Å². The molecular formula is C9H11FN2O. The maximum absolute atomic E-state index is 12.8. The van der Waals surface area contributed by atoms with E-state index >= 15 is 0 Å². The second kappa shape index (κ2) is 3.89. The SMILES string of the molecule is CO/N=C(/N)c1ccc(F)c(C)c1. The van der Waals surface area contributed by atoms with Gasteiger partial charge in [-0.3, -0.25) is 0 Å². The first-order valence-corrected chi connectivity index (χ1v) is 3.78. The van der Waals surface area contributed by atoms with E-state index in [1.807, 2.05) is 0 Å². The summed E-state index contributed by atoms with van der Waals surface area (Å²) < 4.78 is 12.8. The monoisotopic (exact) mass is 182 g/mol. The van der Waals surface area contributed by atoms with Gasteiger partial charge >= 0.3 is 0 Å². The molecule has 0 saturated heterocycles. The molecule has 13 heavy (non-hydrogen) atoms. The smallest absolute Gasteiger partial charge is 0.170 e. The van der Waals surface area contributed by atoms with Gasteiger partial charge in [-0.25, -0.2) is 4.39 Å². The maximum Gasteiger partial charge on any atom is 0.170 e. The van der Waals surface area contributed by atoms with Crippen LogP contribution in [0.5, 0.6) is 0 Å². The van der Waals surface area contributed by atoms with Gasteiger partial charge in [-0.05, 0) is 30.7 Å². The molecule has 0 amide bonds. The predicted molar refractivity (Wildman–Crippen MR) is 48.9 cm³/mol. The van der Waals surface area contributed by atoms with Crippen LogP contribution >= 0.6 is 0 Å². The minimum absolute atomic E-state index is 0.241. The highest BCUT2D eigenvalue weighted by Crippen LogP contribution is 2.08. The Bertz CT molecular complexity index is 336. The van der Waals surface area contributed by atoms with Crippen molar-refractivity contribution in [3.05, 3.63) is 35.1 Å². The van der Waals surface area contributed by atoms with Crippen molar-refractivity contribution in [2.75, 3.05) is 7.11 Å². The molecule has 70 valence electrons. The number of nitrogens with zero attached hydrogens (tertiary/aromatic N) is 1. The summed E-state index contributed by atoms with van der Waals surface area (Å²) in [7, 11) is 1.41. The van der Waals surface area contributed by atoms with Crippen LogP contribution in [0.4, 0.5) is 4.39 Å². The number of aryl methyl sites for hydroxylation is 1. The van der Waals surface area contributed by atoms with E-state index in [9.17, 15) is 4.39 Å². The molecule has 0 heterocycles. The number of oxime groups is 1. The van der Waals surface area contributed by atoms with E-state index in [1.54, 1.807) is 19.1 Å². The van der Waals surface area contributed by atoms with Crippen LogP contribution in [0.15, 0.2) is 23.4 Å². The lowest BCUT2D eigenvalue weighted by Gasteiger charge is -2.01. The molecule has 1 aromatic rings. The van der Waals surface area contributed by atoms with E-state index in [1.165, 1.54) is 13.2 Å². The molecule has 1 rings (SSSR count). The second-order valence-electron chi connectivity index (χ2n) is 2.62. The summed E-state index contributed by atoms with van der Waals surface area (Å²) in [5, 5.41) is 3.54. The third-order valence-corrected chi connectivity index (χ3v) is 1.64. The van der Waals surface area contributed by atoms with Gasteiger partial charge in [0.25, 0.3) is 0 Å². The Morgan fingerprint density at radius 1 is 1.54 bits per heavy atom. The average Bonchev–Trinajstić information content (AvgIpc) is 2.10. The van der Waals surface area contributed by atoms with Gasteiger partial charge in [0.1, 0.15) is 12.9 Å². The van der Waals surface area contributed by atoms with Crippen LogP contribution in [0.25, 0.3) is 0 Å². The van der Waals surface area contributed by atoms with Crippen LogP contribution in [0.2, 0.25) is 0 Å². The fourth-order valence-corrected chi connectivity index (χ4v) is 0.955. The first-order chi connectivity index (χ1) is 6.15. The van der Waals surface area contributed by atoms with Gasteiger partial charge in [-0.2, -0.15) is 0 Å². The molecule has 0 aliphatic rings. The first-order valence-electron chi connectivity index (χ1n) is 3.78. The maximum atomic E-state index is 12.8. The van der Waals surface area contributed by atoms with Gasteiger partial charge in [-0.1, -0.05) is 5.16 Å². The Balaban J connectivity index is 3.04. The summed E-state index contributed by atoms with van der Waals surface area (Å²) in [6.45, 7) is 1.67. The van der Waals surface area contributed by atoms with Crippen LogP contribution < -0.4 is 5.73 Å². The van der Waals surface area contributed by atoms with E-state index in [0.29, 0.717) is 11.1 Å². The number of amidine groups is 1. The lowest BCUT2D eigenvalue weighted by Crippen LogP contribution is -2.13. The zero-order chi connectivity index (χ0) is 9.84. The summed E-state index contributed by atoms with van der Waals surface area (Å²) in [6.07, 6.45) is 0. The highest BCUT2D eigenvalue weighted by molar-refractivity contribution is 5.97. The summed E-state index contributed by atoms with van der Waals surface area (Å²) in [5.74, 6) is -0.0143. The first kappa shape index (κ1) is 9.51. The molecule has 0 radical (unpaired) electrons. The second-order valence-corrected chi connectivity index (χ2v) is 2.62. The summed E-state index contributed by atoms with van der Waals surface area (Å²) >= 11 is 0. The molecule has 2 N–H and O–H groups in total. The molecule has 0 fully saturated rings. The lowest BCUT2D eigenvalue weighted by molar-refractivity contribution is 0.213. The Labute approximate surface area is 76.0 Å². The fourth-order valence-electron chi connectivity index (χ4n) is 0.955. The average molecular weight is 182 g/mol. The van der Waals surface area contributed by atoms with E-state index in [0.717, 1.165) is 0 Å². The number of hydrogen-bond donors (Lipinski definition) is 1. The third-order valence-electron chi connectivity index (χ3n) is 1.64. The van der Waals surface area contributed by atoms with E-state index < -0.39 is 0 Å². The van der Waals surface area contributed by atoms with Gasteiger partial charge in [0.2, 0.25) is 0 Å². The standard InChI is InChI=1S/C9H11FN2O/c1-6-5-7(3-4-8(6)10)9(11)12-13-2/h3-5H,1-2H3,(H2,11,12). The minimum Gasteiger partial charge on any atom is -0.397 e. The van der Waals surface area contributed by atoms with Crippen molar-refractivity contribution in [1.29, 1.82) is 0 Å². The molecular weight excluding hydrogens is 171 g/mol. The van der Waals surface area contributed by atoms with Crippen molar-refractivity contribution in [2.24, 2.45) is 10.9 Å². The van der Waals surface area contributed by atoms with Crippen LogP contribution in [0.3, 0.4) is 0 Å². The molecule has 0 bridgehead atoms. The van der Waals surface area contributed by atoms with Gasteiger partial charge in [0.15, 0.2) is 5.84 Å². The number of hydrogen-bond acceptors (Lipinski definition) is 2. The molecule has 1 aromatic carbocycles. The van der Waals surface area contributed by atoms with Crippen LogP contribution in [0, 0.1) is 12.7 Å². The van der Waals surface area contributed by atoms with Crippen molar-refractivity contribution in [2.45, 2.75) is 6.92 Å². The van der Waals surface area contributed by atoms with Crippen molar-refractivity contribution in [1.82, 2.24) is 0 Å². The predicted octanol–water partition coefficient (Wildman–Crippen LogP) is 1.40. The Morgan fingerprint density at radius 2 is 2.23 bits per heavy atom. The van der Waals surface area contributed by atoms with Crippen LogP contribution in [0.1, 0.15) is 11.1 Å². The Hall–Kier alpha value is -1.58. The highest BCUT2D eigenvalue weighted by atomic mass is 19.1. The molecule has 0 unspecified atom stereocenters. The third kappa shape index (κ3) is 2.18. The normalized spacial score (nSPS) is 11.5. The van der Waals surface area contributed by atoms with Crippen LogP contribution in [-0.4, -0.2) is 12.9 Å². The van der Waals surface area contributed by atoms with Gasteiger partial charge < -0.3 is 10.6 Å². The van der Waals surface area contributed by atoms with Crippen molar-refractivity contribution in [3.63, 3.8) is 0 Å². The molecule has 0 aliphatic carbocycles. The number of halogens is 1. The minimum atomic E-state index is -0.256. The molecule has 3 nitrogen and oxygen atoms in total. The zero-order valence-electron chi connectivity index (χ0n) is 7.54. The number of nitrogens with two attached hydrogens (primary N) is 1. The van der Waals surface area contributed by atoms with E-state index in [4.69, 9.17) is 5.73 Å². The molecule has 0 aromatic heterocycles. The van der Waals surface area contributed by atoms with Crippen LogP contribution in [-0.2, 0) is 4.84 Å². The van der Waals surface area contributed by atoms with Crippen molar-refractivity contribution < 1.29 is 9.23 Å². The molecule has 0 atom stereocenters. The number of rotatable bonds is 2. The quantitative estimate of drug-likeness (QED) is 0.427. The topological polar surface area (TPSA) is 47.6 Å². The Kier molecular flexibility index (Phi) is 2.84. The largest absolute Gasteiger partial charge is 0.397 e. The van der Waals surface area contributed by atoms with Crippen molar-refractivity contribution in [3.8, 4) is 0 Å². The Morgan fingerprint density at radius 3 is 2.77 bits per heavy atom. The van der Waals surface area contributed by atoms with Gasteiger partial charge in [-0.15, -0.1) is 0 Å². The van der Waals surface area contributed by atoms with E-state index in [2.05, 4.69) is 9.99 Å². The zero-order valence-corrected chi connectivity index (χ0v) is 7.54. The van der Waals surface area contributed by atoms with Gasteiger partial charge in [0, 0.05) is 5.56 Å². The summed E-state index contributed by atoms with van der Waals surface area (Å²) in [4.78, 5) is 4.50. The molecule has 0 spiro atoms. The molecule has 4 heteroatoms. The van der Waals surface area contributed by atoms with Crippen molar-refractivity contribution >= 4 is 5.84 Å². The summed E-state index contributed by atoms with van der Waals surface area (Å²) in [6, 6.07) is 4.52. The highest BCUT2D eigenvalue weighted by Gasteiger charge is 2.02. The number of benzene rings is 1. The van der Waals surface area contributed by atoms with E-state index in [-0.39, 0.29) is 11.7 Å². The molecule has 0 aliphatic heterocycles. The lowest BCUT2D eigenvalue weighted by atomic mass is 10.1. The molecule has 0 saturated carbocycles. The summed E-state index contributed by atoms with van der Waals surface area (Å²) in [5.41, 5.74) is 6.71.